The molecule has 1 aliphatic carbocycles. The fourth-order valence-corrected chi connectivity index (χ4v) is 2.59. The first-order valence-electron chi connectivity index (χ1n) is 8.10. The van der Waals surface area contributed by atoms with Gasteiger partial charge in [-0.05, 0) is 46.5 Å². The minimum absolute atomic E-state index is 0.131. The van der Waals surface area contributed by atoms with Crippen LogP contribution in [-0.2, 0) is 9.53 Å². The van der Waals surface area contributed by atoms with Crippen molar-refractivity contribution in [3.05, 3.63) is 0 Å². The lowest BCUT2D eigenvalue weighted by atomic mass is 9.91. The van der Waals surface area contributed by atoms with Crippen molar-refractivity contribution in [2.45, 2.75) is 70.6 Å². The van der Waals surface area contributed by atoms with Crippen molar-refractivity contribution >= 4 is 12.0 Å². The summed E-state index contributed by atoms with van der Waals surface area (Å²) in [7, 11) is 3.54. The summed E-state index contributed by atoms with van der Waals surface area (Å²) in [5.74, 6) is 0.131. The molecule has 0 aliphatic heterocycles. The number of amides is 2. The zero-order valence-corrected chi connectivity index (χ0v) is 14.6. The topological polar surface area (TPSA) is 70.7 Å². The molecular weight excluding hydrogens is 282 g/mol. The normalized spacial score (nSPS) is 22.0. The molecule has 0 bridgehead atoms. The minimum atomic E-state index is -0.469. The van der Waals surface area contributed by atoms with Crippen LogP contribution in [0.25, 0.3) is 0 Å². The predicted octanol–water partition coefficient (Wildman–Crippen LogP) is 1.89. The number of nitrogens with zero attached hydrogens (tertiary/aromatic N) is 1. The van der Waals surface area contributed by atoms with Crippen molar-refractivity contribution in [2.24, 2.45) is 0 Å². The first-order valence-corrected chi connectivity index (χ1v) is 8.10. The van der Waals surface area contributed by atoms with Gasteiger partial charge in [0.1, 0.15) is 5.60 Å². The number of carbonyl (C=O) groups is 2. The third-order valence-electron chi connectivity index (χ3n) is 3.67. The van der Waals surface area contributed by atoms with Crippen molar-refractivity contribution in [1.82, 2.24) is 15.5 Å². The van der Waals surface area contributed by atoms with Gasteiger partial charge in [-0.15, -0.1) is 0 Å². The highest BCUT2D eigenvalue weighted by Crippen LogP contribution is 2.19. The van der Waals surface area contributed by atoms with Gasteiger partial charge in [-0.3, -0.25) is 4.79 Å². The van der Waals surface area contributed by atoms with Gasteiger partial charge in [0, 0.05) is 39.1 Å². The molecule has 2 amide bonds. The quantitative estimate of drug-likeness (QED) is 0.813. The number of ether oxygens (including phenoxy) is 1. The molecule has 0 heterocycles. The maximum Gasteiger partial charge on any atom is 0.407 e. The monoisotopic (exact) mass is 313 g/mol. The summed E-state index contributed by atoms with van der Waals surface area (Å²) in [6.07, 6.45) is 4.18. The lowest BCUT2D eigenvalue weighted by molar-refractivity contribution is -0.128. The molecule has 1 aliphatic rings. The summed E-state index contributed by atoms with van der Waals surface area (Å²) >= 11 is 0. The van der Waals surface area contributed by atoms with E-state index in [0.717, 1.165) is 25.7 Å². The van der Waals surface area contributed by atoms with Crippen LogP contribution in [-0.4, -0.2) is 55.2 Å². The van der Waals surface area contributed by atoms with Gasteiger partial charge < -0.3 is 20.3 Å². The van der Waals surface area contributed by atoms with Crippen LogP contribution in [0.5, 0.6) is 0 Å². The molecule has 2 unspecified atom stereocenters. The Hall–Kier alpha value is -1.30. The second-order valence-electron chi connectivity index (χ2n) is 7.20. The molecule has 0 aromatic heterocycles. The van der Waals surface area contributed by atoms with E-state index in [9.17, 15) is 9.59 Å². The fraction of sp³-hybridized carbons (Fsp3) is 0.875. The maximum atomic E-state index is 11.8. The van der Waals surface area contributed by atoms with Crippen LogP contribution in [0, 0.1) is 0 Å². The predicted molar refractivity (Wildman–Crippen MR) is 86.7 cm³/mol. The van der Waals surface area contributed by atoms with E-state index < -0.39 is 5.60 Å². The Labute approximate surface area is 134 Å². The summed E-state index contributed by atoms with van der Waals surface area (Å²) in [5.41, 5.74) is -0.469. The SMILES string of the molecule is CN(C)C(=O)CCNC1CCCC(NC(=O)OC(C)(C)C)C1. The number of carbonyl (C=O) groups excluding carboxylic acids is 2. The van der Waals surface area contributed by atoms with Crippen LogP contribution >= 0.6 is 0 Å². The Kier molecular flexibility index (Phi) is 7.13. The molecule has 6 nitrogen and oxygen atoms in total. The summed E-state index contributed by atoms with van der Waals surface area (Å²) in [6, 6.07) is 0.495. The van der Waals surface area contributed by atoms with Crippen LogP contribution in [0.3, 0.4) is 0 Å². The zero-order chi connectivity index (χ0) is 16.8. The van der Waals surface area contributed by atoms with Crippen molar-refractivity contribution in [2.75, 3.05) is 20.6 Å². The molecule has 1 rings (SSSR count). The lowest BCUT2D eigenvalue weighted by Crippen LogP contribution is -2.46. The van der Waals surface area contributed by atoms with Crippen molar-refractivity contribution < 1.29 is 14.3 Å². The maximum absolute atomic E-state index is 11.8. The number of hydrogen-bond acceptors (Lipinski definition) is 4. The highest BCUT2D eigenvalue weighted by molar-refractivity contribution is 5.75. The molecule has 22 heavy (non-hydrogen) atoms. The smallest absolute Gasteiger partial charge is 0.407 e. The molecule has 0 aromatic rings. The van der Waals surface area contributed by atoms with Gasteiger partial charge in [-0.25, -0.2) is 4.79 Å². The van der Waals surface area contributed by atoms with Gasteiger partial charge in [-0.2, -0.15) is 0 Å². The van der Waals surface area contributed by atoms with Crippen molar-refractivity contribution in [3.8, 4) is 0 Å². The largest absolute Gasteiger partial charge is 0.444 e. The number of hydrogen-bond donors (Lipinski definition) is 2. The van der Waals surface area contributed by atoms with Gasteiger partial charge in [0.25, 0.3) is 0 Å². The van der Waals surface area contributed by atoms with Crippen LogP contribution in [0.2, 0.25) is 0 Å². The molecule has 0 spiro atoms. The van der Waals surface area contributed by atoms with Gasteiger partial charge in [0.15, 0.2) is 0 Å². The molecule has 6 heteroatoms. The third kappa shape index (κ3) is 7.64. The summed E-state index contributed by atoms with van der Waals surface area (Å²) < 4.78 is 5.29. The minimum Gasteiger partial charge on any atom is -0.444 e. The molecule has 0 radical (unpaired) electrons. The van der Waals surface area contributed by atoms with Crippen molar-refractivity contribution in [1.29, 1.82) is 0 Å². The second-order valence-corrected chi connectivity index (χ2v) is 7.20. The molecule has 0 saturated heterocycles. The standard InChI is InChI=1S/C16H31N3O3/c1-16(2,3)22-15(21)18-13-8-6-7-12(11-13)17-10-9-14(20)19(4)5/h12-13,17H,6-11H2,1-5H3,(H,18,21). The van der Waals surface area contributed by atoms with E-state index in [-0.39, 0.29) is 18.0 Å². The van der Waals surface area contributed by atoms with E-state index in [0.29, 0.717) is 19.0 Å². The van der Waals surface area contributed by atoms with Crippen LogP contribution in [0.15, 0.2) is 0 Å². The van der Waals surface area contributed by atoms with Crippen LogP contribution < -0.4 is 10.6 Å². The molecule has 1 fully saturated rings. The number of alkyl carbamates (subject to hydrolysis) is 1. The zero-order valence-electron chi connectivity index (χ0n) is 14.6. The fourth-order valence-electron chi connectivity index (χ4n) is 2.59. The molecule has 2 atom stereocenters. The Bertz CT molecular complexity index is 377. The van der Waals surface area contributed by atoms with Gasteiger partial charge in [0.05, 0.1) is 0 Å². The van der Waals surface area contributed by atoms with Crippen LogP contribution in [0.4, 0.5) is 4.79 Å². The third-order valence-corrected chi connectivity index (χ3v) is 3.67. The van der Waals surface area contributed by atoms with E-state index >= 15 is 0 Å². The molecule has 2 N–H and O–H groups in total. The first-order chi connectivity index (χ1) is 10.2. The molecule has 1 saturated carbocycles. The van der Waals surface area contributed by atoms with Crippen LogP contribution in [0.1, 0.15) is 52.9 Å². The first kappa shape index (κ1) is 18.7. The molecular formula is C16H31N3O3. The van der Waals surface area contributed by atoms with Gasteiger partial charge >= 0.3 is 6.09 Å². The Morgan fingerprint density at radius 3 is 2.41 bits per heavy atom. The van der Waals surface area contributed by atoms with E-state index in [1.54, 1.807) is 19.0 Å². The van der Waals surface area contributed by atoms with E-state index in [1.165, 1.54) is 0 Å². The summed E-state index contributed by atoms with van der Waals surface area (Å²) in [5, 5.41) is 6.37. The van der Waals surface area contributed by atoms with E-state index in [4.69, 9.17) is 4.74 Å². The lowest BCUT2D eigenvalue weighted by Gasteiger charge is -2.31. The Morgan fingerprint density at radius 2 is 1.82 bits per heavy atom. The Morgan fingerprint density at radius 1 is 1.18 bits per heavy atom. The second kappa shape index (κ2) is 8.36. The van der Waals surface area contributed by atoms with Gasteiger partial charge in [-0.1, -0.05) is 0 Å². The van der Waals surface area contributed by atoms with Crippen molar-refractivity contribution in [3.63, 3.8) is 0 Å². The van der Waals surface area contributed by atoms with E-state index in [2.05, 4.69) is 10.6 Å². The highest BCUT2D eigenvalue weighted by Gasteiger charge is 2.25. The van der Waals surface area contributed by atoms with Gasteiger partial charge in [0.2, 0.25) is 5.91 Å². The summed E-state index contributed by atoms with van der Waals surface area (Å²) in [4.78, 5) is 25.0. The number of rotatable bonds is 5. The average Bonchev–Trinajstić information content (AvgIpc) is 2.36. The van der Waals surface area contributed by atoms with E-state index in [1.807, 2.05) is 20.8 Å². The Balaban J connectivity index is 2.29. The highest BCUT2D eigenvalue weighted by atomic mass is 16.6. The molecule has 128 valence electrons. The number of nitrogens with one attached hydrogen (secondary N) is 2. The summed E-state index contributed by atoms with van der Waals surface area (Å²) in [6.45, 7) is 6.26. The molecule has 0 aromatic carbocycles. The average molecular weight is 313 g/mol.